The predicted molar refractivity (Wildman–Crippen MR) is 63.0 cm³/mol. The van der Waals surface area contributed by atoms with Gasteiger partial charge in [0, 0.05) is 19.1 Å². The topological polar surface area (TPSA) is 28.2 Å². The Kier molecular flexibility index (Phi) is 3.72. The highest BCUT2D eigenvalue weighted by Gasteiger charge is 2.26. The molecule has 0 radical (unpaired) electrons. The normalized spacial score (nSPS) is 15.4. The Bertz CT molecular complexity index is 339. The summed E-state index contributed by atoms with van der Waals surface area (Å²) in [5.41, 5.74) is 0. The molecule has 1 aromatic heterocycles. The summed E-state index contributed by atoms with van der Waals surface area (Å²) >= 11 is 0. The van der Waals surface area contributed by atoms with E-state index in [1.165, 1.54) is 18.9 Å². The van der Waals surface area contributed by atoms with Gasteiger partial charge in [0.25, 0.3) is 0 Å². The molecule has 1 aliphatic carbocycles. The van der Waals surface area contributed by atoms with Gasteiger partial charge in [-0.15, -0.1) is 0 Å². The molecule has 0 aromatic carbocycles. The van der Waals surface area contributed by atoms with Crippen LogP contribution in [0.4, 0.5) is 10.2 Å². The minimum atomic E-state index is -0.431. The first-order valence-corrected chi connectivity index (χ1v) is 5.90. The average molecular weight is 223 g/mol. The molecule has 1 aliphatic rings. The van der Waals surface area contributed by atoms with E-state index in [0.717, 1.165) is 25.7 Å². The molecule has 0 unspecified atom stereocenters. The highest BCUT2D eigenvalue weighted by atomic mass is 19.1. The zero-order chi connectivity index (χ0) is 11.4. The highest BCUT2D eigenvalue weighted by molar-refractivity contribution is 5.33. The molecule has 1 saturated carbocycles. The van der Waals surface area contributed by atoms with Gasteiger partial charge in [-0.25, -0.2) is 4.98 Å². The van der Waals surface area contributed by atoms with Crippen molar-refractivity contribution in [2.75, 3.05) is 25.0 Å². The van der Waals surface area contributed by atoms with Gasteiger partial charge in [0.2, 0.25) is 5.95 Å². The quantitative estimate of drug-likeness (QED) is 0.749. The first-order chi connectivity index (χ1) is 7.79. The lowest BCUT2D eigenvalue weighted by Gasteiger charge is -2.19. The third-order valence-electron chi connectivity index (χ3n) is 2.89. The Labute approximate surface area is 95.7 Å². The fourth-order valence-electron chi connectivity index (χ4n) is 1.87. The van der Waals surface area contributed by atoms with Gasteiger partial charge in [-0.05, 0) is 31.5 Å². The van der Waals surface area contributed by atoms with Crippen LogP contribution in [0.1, 0.15) is 19.8 Å². The van der Waals surface area contributed by atoms with Crippen LogP contribution in [-0.4, -0.2) is 35.6 Å². The Hall–Kier alpha value is -1.16. The first kappa shape index (κ1) is 11.3. The molecule has 88 valence electrons. The van der Waals surface area contributed by atoms with E-state index in [-0.39, 0.29) is 0 Å². The standard InChI is InChI=1S/C12H18FN3/c1-2-16(10-6-7-10)9-8-14-12-5-3-4-11(13)15-12/h3-5,10H,2,6-9H2,1H3,(H,14,15). The maximum Gasteiger partial charge on any atom is 0.214 e. The van der Waals surface area contributed by atoms with Gasteiger partial charge in [-0.2, -0.15) is 4.39 Å². The van der Waals surface area contributed by atoms with Crippen molar-refractivity contribution in [2.24, 2.45) is 0 Å². The lowest BCUT2D eigenvalue weighted by molar-refractivity contribution is 0.289. The lowest BCUT2D eigenvalue weighted by atomic mass is 10.4. The minimum Gasteiger partial charge on any atom is -0.369 e. The molecule has 1 aromatic rings. The van der Waals surface area contributed by atoms with Crippen molar-refractivity contribution >= 4 is 5.82 Å². The van der Waals surface area contributed by atoms with Crippen LogP contribution in [0.25, 0.3) is 0 Å². The van der Waals surface area contributed by atoms with Crippen molar-refractivity contribution in [3.8, 4) is 0 Å². The van der Waals surface area contributed by atoms with Crippen molar-refractivity contribution < 1.29 is 4.39 Å². The molecule has 0 bridgehead atoms. The van der Waals surface area contributed by atoms with Crippen LogP contribution in [-0.2, 0) is 0 Å². The Morgan fingerprint density at radius 3 is 2.94 bits per heavy atom. The molecule has 16 heavy (non-hydrogen) atoms. The summed E-state index contributed by atoms with van der Waals surface area (Å²) in [4.78, 5) is 6.21. The zero-order valence-electron chi connectivity index (χ0n) is 9.62. The molecular weight excluding hydrogens is 205 g/mol. The molecule has 0 aliphatic heterocycles. The highest BCUT2D eigenvalue weighted by Crippen LogP contribution is 2.25. The van der Waals surface area contributed by atoms with Crippen LogP contribution in [0.3, 0.4) is 0 Å². The van der Waals surface area contributed by atoms with E-state index in [1.807, 2.05) is 0 Å². The number of halogens is 1. The van der Waals surface area contributed by atoms with Crippen molar-refractivity contribution in [3.63, 3.8) is 0 Å². The molecular formula is C12H18FN3. The molecule has 0 amide bonds. The largest absolute Gasteiger partial charge is 0.369 e. The molecule has 1 N–H and O–H groups in total. The Balaban J connectivity index is 1.74. The van der Waals surface area contributed by atoms with Crippen LogP contribution >= 0.6 is 0 Å². The third-order valence-corrected chi connectivity index (χ3v) is 2.89. The summed E-state index contributed by atoms with van der Waals surface area (Å²) in [5.74, 6) is 0.186. The molecule has 0 atom stereocenters. The van der Waals surface area contributed by atoms with E-state index in [1.54, 1.807) is 12.1 Å². The summed E-state index contributed by atoms with van der Waals surface area (Å²) in [6.07, 6.45) is 2.65. The fraction of sp³-hybridized carbons (Fsp3) is 0.583. The van der Waals surface area contributed by atoms with Gasteiger partial charge in [0.1, 0.15) is 5.82 Å². The number of hydrogen-bond donors (Lipinski definition) is 1. The molecule has 1 heterocycles. The second-order valence-electron chi connectivity index (χ2n) is 4.13. The first-order valence-electron chi connectivity index (χ1n) is 5.90. The maximum atomic E-state index is 12.8. The summed E-state index contributed by atoms with van der Waals surface area (Å²) < 4.78 is 12.8. The summed E-state index contributed by atoms with van der Waals surface area (Å²) in [6, 6.07) is 5.60. The van der Waals surface area contributed by atoms with Crippen molar-refractivity contribution in [1.82, 2.24) is 9.88 Å². The fourth-order valence-corrected chi connectivity index (χ4v) is 1.87. The molecule has 1 fully saturated rings. The number of likely N-dealkylation sites (N-methyl/N-ethyl adjacent to an activating group) is 1. The van der Waals surface area contributed by atoms with Crippen molar-refractivity contribution in [1.29, 1.82) is 0 Å². The second kappa shape index (κ2) is 5.25. The monoisotopic (exact) mass is 223 g/mol. The Morgan fingerprint density at radius 1 is 1.50 bits per heavy atom. The number of anilines is 1. The van der Waals surface area contributed by atoms with Gasteiger partial charge < -0.3 is 5.32 Å². The van der Waals surface area contributed by atoms with Crippen molar-refractivity contribution in [3.05, 3.63) is 24.1 Å². The number of nitrogens with one attached hydrogen (secondary N) is 1. The SMILES string of the molecule is CCN(CCNc1cccc(F)n1)C1CC1. The number of aromatic nitrogens is 1. The van der Waals surface area contributed by atoms with E-state index in [4.69, 9.17) is 0 Å². The van der Waals surface area contributed by atoms with Crippen LogP contribution in [0, 0.1) is 5.95 Å². The smallest absolute Gasteiger partial charge is 0.214 e. The van der Waals surface area contributed by atoms with Gasteiger partial charge in [-0.1, -0.05) is 13.0 Å². The van der Waals surface area contributed by atoms with Gasteiger partial charge in [0.15, 0.2) is 0 Å². The van der Waals surface area contributed by atoms with Gasteiger partial charge >= 0.3 is 0 Å². The van der Waals surface area contributed by atoms with Gasteiger partial charge in [-0.3, -0.25) is 4.90 Å². The number of rotatable bonds is 6. The predicted octanol–water partition coefficient (Wildman–Crippen LogP) is 2.12. The average Bonchev–Trinajstić information content (AvgIpc) is 3.08. The van der Waals surface area contributed by atoms with Crippen LogP contribution in [0.2, 0.25) is 0 Å². The number of hydrogen-bond acceptors (Lipinski definition) is 3. The molecule has 4 heteroatoms. The van der Waals surface area contributed by atoms with E-state index in [9.17, 15) is 4.39 Å². The summed E-state index contributed by atoms with van der Waals surface area (Å²) in [6.45, 7) is 5.09. The molecule has 0 saturated heterocycles. The Morgan fingerprint density at radius 2 is 2.31 bits per heavy atom. The van der Waals surface area contributed by atoms with E-state index in [2.05, 4.69) is 22.1 Å². The molecule has 0 spiro atoms. The number of nitrogens with zero attached hydrogens (tertiary/aromatic N) is 2. The summed E-state index contributed by atoms with van der Waals surface area (Å²) in [5, 5.41) is 3.14. The minimum absolute atomic E-state index is 0.431. The van der Waals surface area contributed by atoms with Crippen LogP contribution < -0.4 is 5.32 Å². The van der Waals surface area contributed by atoms with E-state index < -0.39 is 5.95 Å². The third kappa shape index (κ3) is 3.17. The second-order valence-corrected chi connectivity index (χ2v) is 4.13. The summed E-state index contributed by atoms with van der Waals surface area (Å²) in [7, 11) is 0. The maximum absolute atomic E-state index is 12.8. The zero-order valence-corrected chi connectivity index (χ0v) is 9.62. The van der Waals surface area contributed by atoms with Crippen LogP contribution in [0.15, 0.2) is 18.2 Å². The number of pyridine rings is 1. The molecule has 2 rings (SSSR count). The van der Waals surface area contributed by atoms with Crippen molar-refractivity contribution in [2.45, 2.75) is 25.8 Å². The van der Waals surface area contributed by atoms with E-state index in [0.29, 0.717) is 5.82 Å². The molecule has 3 nitrogen and oxygen atoms in total. The lowest BCUT2D eigenvalue weighted by Crippen LogP contribution is -2.31. The van der Waals surface area contributed by atoms with E-state index >= 15 is 0 Å². The van der Waals surface area contributed by atoms with Gasteiger partial charge in [0.05, 0.1) is 0 Å². The van der Waals surface area contributed by atoms with Crippen LogP contribution in [0.5, 0.6) is 0 Å².